The number of benzene rings is 1. The van der Waals surface area contributed by atoms with Gasteiger partial charge in [0.05, 0.1) is 7.11 Å². The molecule has 19 heavy (non-hydrogen) atoms. The summed E-state index contributed by atoms with van der Waals surface area (Å²) in [6.45, 7) is 2.10. The summed E-state index contributed by atoms with van der Waals surface area (Å²) >= 11 is 0. The summed E-state index contributed by atoms with van der Waals surface area (Å²) in [4.78, 5) is 11.9. The Balaban J connectivity index is 2.22. The zero-order chi connectivity index (χ0) is 13.9. The molecular weight excluding hydrogens is 240 g/mol. The van der Waals surface area contributed by atoms with Crippen LogP contribution in [0.1, 0.15) is 32.6 Å². The van der Waals surface area contributed by atoms with Crippen LogP contribution in [0.25, 0.3) is 0 Å². The van der Waals surface area contributed by atoms with Gasteiger partial charge in [-0.05, 0) is 43.0 Å². The van der Waals surface area contributed by atoms with E-state index in [1.165, 1.54) is 6.42 Å². The van der Waals surface area contributed by atoms with E-state index in [9.17, 15) is 4.79 Å². The largest absolute Gasteiger partial charge is 0.497 e. The Kier molecular flexibility index (Phi) is 3.98. The molecule has 104 valence electrons. The topological polar surface area (TPSA) is 64.3 Å². The van der Waals surface area contributed by atoms with Crippen LogP contribution in [0, 0.1) is 5.92 Å². The molecule has 0 radical (unpaired) electrons. The number of hydrogen-bond acceptors (Lipinski definition) is 3. The molecule has 0 aromatic heterocycles. The van der Waals surface area contributed by atoms with Gasteiger partial charge in [0.15, 0.2) is 0 Å². The summed E-state index contributed by atoms with van der Waals surface area (Å²) in [6.07, 6.45) is 4.04. The SMILES string of the molecule is COc1ccc(NC2(C(N)=O)CCCCC2C)cc1. The van der Waals surface area contributed by atoms with Crippen LogP contribution < -0.4 is 15.8 Å². The van der Waals surface area contributed by atoms with Crippen molar-refractivity contribution in [3.63, 3.8) is 0 Å². The van der Waals surface area contributed by atoms with Crippen molar-refractivity contribution < 1.29 is 9.53 Å². The Morgan fingerprint density at radius 1 is 1.37 bits per heavy atom. The smallest absolute Gasteiger partial charge is 0.243 e. The monoisotopic (exact) mass is 262 g/mol. The third kappa shape index (κ3) is 2.67. The summed E-state index contributed by atoms with van der Waals surface area (Å²) in [5, 5.41) is 3.36. The summed E-state index contributed by atoms with van der Waals surface area (Å²) in [6, 6.07) is 7.60. The third-order valence-corrected chi connectivity index (χ3v) is 4.20. The van der Waals surface area contributed by atoms with Crippen LogP contribution in [0.3, 0.4) is 0 Å². The number of primary amides is 1. The lowest BCUT2D eigenvalue weighted by Gasteiger charge is -2.41. The number of methoxy groups -OCH3 is 1. The van der Waals surface area contributed by atoms with E-state index >= 15 is 0 Å². The average molecular weight is 262 g/mol. The Hall–Kier alpha value is -1.71. The summed E-state index contributed by atoms with van der Waals surface area (Å²) in [5.41, 5.74) is 5.96. The van der Waals surface area contributed by atoms with Gasteiger partial charge in [-0.3, -0.25) is 4.79 Å². The molecule has 0 spiro atoms. The van der Waals surface area contributed by atoms with Gasteiger partial charge in [0.25, 0.3) is 0 Å². The van der Waals surface area contributed by atoms with Gasteiger partial charge in [-0.15, -0.1) is 0 Å². The summed E-state index contributed by atoms with van der Waals surface area (Å²) in [7, 11) is 1.64. The third-order valence-electron chi connectivity index (χ3n) is 4.20. The molecule has 4 nitrogen and oxygen atoms in total. The molecule has 1 saturated carbocycles. The van der Waals surface area contributed by atoms with E-state index in [-0.39, 0.29) is 11.8 Å². The molecule has 1 aliphatic carbocycles. The predicted molar refractivity (Wildman–Crippen MR) is 76.2 cm³/mol. The highest BCUT2D eigenvalue weighted by molar-refractivity contribution is 5.88. The number of ether oxygens (including phenoxy) is 1. The number of nitrogens with two attached hydrogens (primary N) is 1. The molecule has 1 aromatic carbocycles. The maximum atomic E-state index is 11.9. The van der Waals surface area contributed by atoms with Gasteiger partial charge < -0.3 is 15.8 Å². The highest BCUT2D eigenvalue weighted by Crippen LogP contribution is 2.36. The maximum Gasteiger partial charge on any atom is 0.243 e. The fraction of sp³-hybridized carbons (Fsp3) is 0.533. The molecule has 3 N–H and O–H groups in total. The van der Waals surface area contributed by atoms with Gasteiger partial charge >= 0.3 is 0 Å². The summed E-state index contributed by atoms with van der Waals surface area (Å²) < 4.78 is 5.13. The van der Waals surface area contributed by atoms with Crippen molar-refractivity contribution in [2.75, 3.05) is 12.4 Å². The van der Waals surface area contributed by atoms with Gasteiger partial charge in [-0.1, -0.05) is 19.8 Å². The molecule has 2 unspecified atom stereocenters. The first kappa shape index (κ1) is 13.7. The normalized spacial score (nSPS) is 26.7. The van der Waals surface area contributed by atoms with Crippen molar-refractivity contribution >= 4 is 11.6 Å². The molecule has 1 aromatic rings. The van der Waals surface area contributed by atoms with E-state index in [1.54, 1.807) is 7.11 Å². The first-order valence-corrected chi connectivity index (χ1v) is 6.80. The fourth-order valence-electron chi connectivity index (χ4n) is 2.89. The number of rotatable bonds is 4. The molecular formula is C15H22N2O2. The first-order valence-electron chi connectivity index (χ1n) is 6.80. The van der Waals surface area contributed by atoms with Crippen molar-refractivity contribution in [3.05, 3.63) is 24.3 Å². The fourth-order valence-corrected chi connectivity index (χ4v) is 2.89. The zero-order valence-electron chi connectivity index (χ0n) is 11.6. The quantitative estimate of drug-likeness (QED) is 0.876. The highest BCUT2D eigenvalue weighted by atomic mass is 16.5. The minimum Gasteiger partial charge on any atom is -0.497 e. The predicted octanol–water partition coefficient (Wildman–Crippen LogP) is 2.54. The second-order valence-electron chi connectivity index (χ2n) is 5.34. The second-order valence-corrected chi connectivity index (χ2v) is 5.34. The van der Waals surface area contributed by atoms with Crippen molar-refractivity contribution in [2.24, 2.45) is 11.7 Å². The van der Waals surface area contributed by atoms with Gasteiger partial charge in [0, 0.05) is 5.69 Å². The van der Waals surface area contributed by atoms with Crippen LogP contribution in [0.2, 0.25) is 0 Å². The number of carbonyl (C=O) groups is 1. The Bertz CT molecular complexity index is 444. The molecule has 2 atom stereocenters. The van der Waals surface area contributed by atoms with Gasteiger partial charge in [-0.2, -0.15) is 0 Å². The van der Waals surface area contributed by atoms with E-state index in [1.807, 2.05) is 24.3 Å². The van der Waals surface area contributed by atoms with Crippen LogP contribution in [-0.4, -0.2) is 18.6 Å². The second kappa shape index (κ2) is 5.51. The number of carbonyl (C=O) groups excluding carboxylic acids is 1. The lowest BCUT2D eigenvalue weighted by atomic mass is 9.73. The molecule has 4 heteroatoms. The van der Waals surface area contributed by atoms with Crippen molar-refractivity contribution in [1.82, 2.24) is 0 Å². The van der Waals surface area contributed by atoms with E-state index < -0.39 is 5.54 Å². The lowest BCUT2D eigenvalue weighted by Crippen LogP contribution is -2.56. The number of hydrogen-bond donors (Lipinski definition) is 2. The highest BCUT2D eigenvalue weighted by Gasteiger charge is 2.43. The molecule has 0 bridgehead atoms. The molecule has 0 aliphatic heterocycles. The van der Waals surface area contributed by atoms with E-state index in [0.717, 1.165) is 30.7 Å². The lowest BCUT2D eigenvalue weighted by molar-refractivity contribution is -0.124. The van der Waals surface area contributed by atoms with Crippen LogP contribution >= 0.6 is 0 Å². The van der Waals surface area contributed by atoms with E-state index in [2.05, 4.69) is 12.2 Å². The number of nitrogens with one attached hydrogen (secondary N) is 1. The maximum absolute atomic E-state index is 11.9. The van der Waals surface area contributed by atoms with E-state index in [0.29, 0.717) is 0 Å². The Morgan fingerprint density at radius 2 is 2.05 bits per heavy atom. The average Bonchev–Trinajstić information content (AvgIpc) is 2.42. The molecule has 0 saturated heterocycles. The minimum atomic E-state index is -0.618. The Morgan fingerprint density at radius 3 is 2.58 bits per heavy atom. The van der Waals surface area contributed by atoms with Crippen LogP contribution in [0.5, 0.6) is 5.75 Å². The molecule has 1 amide bonds. The van der Waals surface area contributed by atoms with Crippen molar-refractivity contribution in [3.8, 4) is 5.75 Å². The standard InChI is InChI=1S/C15H22N2O2/c1-11-5-3-4-10-15(11,14(16)18)17-12-6-8-13(19-2)9-7-12/h6-9,11,17H,3-5,10H2,1-2H3,(H2,16,18). The molecule has 2 rings (SSSR count). The van der Waals surface area contributed by atoms with Crippen LogP contribution in [-0.2, 0) is 4.79 Å². The number of anilines is 1. The van der Waals surface area contributed by atoms with Gasteiger partial charge in [0.1, 0.15) is 11.3 Å². The molecule has 1 aliphatic rings. The number of amides is 1. The first-order chi connectivity index (χ1) is 9.08. The Labute approximate surface area is 114 Å². The zero-order valence-corrected chi connectivity index (χ0v) is 11.6. The summed E-state index contributed by atoms with van der Waals surface area (Å²) in [5.74, 6) is 0.798. The molecule has 0 heterocycles. The van der Waals surface area contributed by atoms with Crippen molar-refractivity contribution in [2.45, 2.75) is 38.1 Å². The van der Waals surface area contributed by atoms with E-state index in [4.69, 9.17) is 10.5 Å². The van der Waals surface area contributed by atoms with Gasteiger partial charge in [-0.25, -0.2) is 0 Å². The molecule has 1 fully saturated rings. The van der Waals surface area contributed by atoms with Crippen LogP contribution in [0.15, 0.2) is 24.3 Å². The van der Waals surface area contributed by atoms with Crippen molar-refractivity contribution in [1.29, 1.82) is 0 Å². The van der Waals surface area contributed by atoms with Gasteiger partial charge in [0.2, 0.25) is 5.91 Å². The van der Waals surface area contributed by atoms with Crippen LogP contribution in [0.4, 0.5) is 5.69 Å². The minimum absolute atomic E-state index is 0.251.